The fourth-order valence-electron chi connectivity index (χ4n) is 8.37. The number of furan rings is 1. The van der Waals surface area contributed by atoms with Crippen molar-refractivity contribution in [2.24, 2.45) is 0 Å². The topological polar surface area (TPSA) is 114 Å². The molecule has 1 aliphatic rings. The summed E-state index contributed by atoms with van der Waals surface area (Å²) in [6, 6.07) is 41.3. The standard InChI is InChI=1S/C48H32O6/c49-43-42(44(50)46(52)47(53)45(43)51)37-25-38-36-24-29(21-22-39(36)54-48(38)35-20-9-4-15-30(35)37)41-33-18-7-5-16-31(33)40(32-17-6-8-19-34(32)41)28-14-10-13-27(23-28)26-11-2-1-3-12-26/h1-2,4-11,13-25,49-53H,3,12H2. The van der Waals surface area contributed by atoms with Crippen LogP contribution in [0.5, 0.6) is 28.7 Å². The average molecular weight is 705 g/mol. The van der Waals surface area contributed by atoms with E-state index in [1.54, 1.807) is 12.1 Å². The highest BCUT2D eigenvalue weighted by molar-refractivity contribution is 6.24. The molecule has 0 spiro atoms. The third-order valence-electron chi connectivity index (χ3n) is 10.9. The second-order valence-electron chi connectivity index (χ2n) is 13.9. The maximum atomic E-state index is 11.0. The van der Waals surface area contributed by atoms with Crippen LogP contribution >= 0.6 is 0 Å². The highest BCUT2D eigenvalue weighted by Crippen LogP contribution is 2.56. The van der Waals surface area contributed by atoms with E-state index in [0.717, 1.165) is 56.5 Å². The van der Waals surface area contributed by atoms with Crippen LogP contribution in [0.3, 0.4) is 0 Å². The predicted octanol–water partition coefficient (Wildman–Crippen LogP) is 12.3. The molecule has 0 bridgehead atoms. The van der Waals surface area contributed by atoms with Crippen LogP contribution in [0.2, 0.25) is 0 Å². The van der Waals surface area contributed by atoms with Gasteiger partial charge in [-0.15, -0.1) is 0 Å². The normalized spacial score (nSPS) is 13.1. The van der Waals surface area contributed by atoms with Crippen molar-refractivity contribution < 1.29 is 29.9 Å². The fourth-order valence-corrected chi connectivity index (χ4v) is 8.37. The summed E-state index contributed by atoms with van der Waals surface area (Å²) in [7, 11) is 0. The van der Waals surface area contributed by atoms with Crippen molar-refractivity contribution in [3.8, 4) is 62.1 Å². The zero-order valence-corrected chi connectivity index (χ0v) is 28.8. The second-order valence-corrected chi connectivity index (χ2v) is 13.9. The van der Waals surface area contributed by atoms with Gasteiger partial charge in [-0.3, -0.25) is 0 Å². The molecule has 6 nitrogen and oxygen atoms in total. The molecule has 5 N–H and O–H groups in total. The molecule has 0 saturated heterocycles. The Morgan fingerprint density at radius 3 is 1.59 bits per heavy atom. The van der Waals surface area contributed by atoms with Crippen molar-refractivity contribution in [1.29, 1.82) is 0 Å². The molecule has 0 saturated carbocycles. The van der Waals surface area contributed by atoms with Gasteiger partial charge in [0, 0.05) is 16.2 Å². The van der Waals surface area contributed by atoms with E-state index < -0.39 is 28.7 Å². The number of phenolic OH excluding ortho intramolecular Hbond substituents is 5. The fraction of sp³-hybridized carbons (Fsp3) is 0.0417. The number of aromatic hydroxyl groups is 5. The molecule has 10 rings (SSSR count). The lowest BCUT2D eigenvalue weighted by atomic mass is 9.85. The number of fused-ring (bicyclic) bond motifs is 7. The molecule has 0 amide bonds. The van der Waals surface area contributed by atoms with Crippen LogP contribution in [-0.4, -0.2) is 25.5 Å². The van der Waals surface area contributed by atoms with Gasteiger partial charge >= 0.3 is 0 Å². The summed E-state index contributed by atoms with van der Waals surface area (Å²) in [6.45, 7) is 0. The minimum absolute atomic E-state index is 0.209. The molecule has 0 unspecified atom stereocenters. The van der Waals surface area contributed by atoms with E-state index in [2.05, 4.69) is 103 Å². The number of hydrogen-bond acceptors (Lipinski definition) is 6. The minimum Gasteiger partial charge on any atom is -0.504 e. The van der Waals surface area contributed by atoms with Crippen molar-refractivity contribution in [2.75, 3.05) is 0 Å². The lowest BCUT2D eigenvalue weighted by Gasteiger charge is -2.18. The van der Waals surface area contributed by atoms with Crippen LogP contribution in [0.4, 0.5) is 0 Å². The van der Waals surface area contributed by atoms with E-state index in [0.29, 0.717) is 32.9 Å². The number of hydrogen-bond donors (Lipinski definition) is 5. The number of benzene rings is 8. The number of allylic oxidation sites excluding steroid dienone is 4. The van der Waals surface area contributed by atoms with Gasteiger partial charge in [0.15, 0.2) is 11.5 Å². The monoisotopic (exact) mass is 704 g/mol. The third kappa shape index (κ3) is 4.60. The van der Waals surface area contributed by atoms with Crippen LogP contribution in [0, 0.1) is 0 Å². The average Bonchev–Trinajstić information content (AvgIpc) is 3.59. The lowest BCUT2D eigenvalue weighted by molar-refractivity contribution is 0.330. The lowest BCUT2D eigenvalue weighted by Crippen LogP contribution is -1.92. The zero-order chi connectivity index (χ0) is 36.7. The molecule has 8 aromatic carbocycles. The number of phenols is 5. The van der Waals surface area contributed by atoms with Gasteiger partial charge in [0.05, 0.1) is 5.56 Å². The summed E-state index contributed by atoms with van der Waals surface area (Å²) in [5.74, 6) is -4.37. The van der Waals surface area contributed by atoms with Crippen LogP contribution in [0.25, 0.3) is 93.2 Å². The van der Waals surface area contributed by atoms with Crippen molar-refractivity contribution in [1.82, 2.24) is 0 Å². The maximum absolute atomic E-state index is 11.0. The Labute approximate surface area is 309 Å². The van der Waals surface area contributed by atoms with E-state index >= 15 is 0 Å². The Bertz CT molecular complexity index is 3020. The van der Waals surface area contributed by atoms with Crippen molar-refractivity contribution in [2.45, 2.75) is 12.8 Å². The first-order chi connectivity index (χ1) is 26.4. The van der Waals surface area contributed by atoms with Gasteiger partial charge in [-0.05, 0) is 103 Å². The smallest absolute Gasteiger partial charge is 0.208 e. The van der Waals surface area contributed by atoms with Crippen molar-refractivity contribution in [3.63, 3.8) is 0 Å². The molecule has 54 heavy (non-hydrogen) atoms. The van der Waals surface area contributed by atoms with Gasteiger partial charge in [-0.25, -0.2) is 0 Å². The first-order valence-electron chi connectivity index (χ1n) is 17.9. The Morgan fingerprint density at radius 1 is 0.426 bits per heavy atom. The van der Waals surface area contributed by atoms with E-state index in [1.165, 1.54) is 16.7 Å². The molecule has 9 aromatic rings. The molecular weight excluding hydrogens is 673 g/mol. The van der Waals surface area contributed by atoms with Gasteiger partial charge in [-0.1, -0.05) is 115 Å². The first kappa shape index (κ1) is 31.5. The molecule has 1 heterocycles. The molecule has 0 radical (unpaired) electrons. The van der Waals surface area contributed by atoms with E-state index in [-0.39, 0.29) is 5.56 Å². The second kappa shape index (κ2) is 11.9. The highest BCUT2D eigenvalue weighted by Gasteiger charge is 2.27. The molecule has 6 heteroatoms. The summed E-state index contributed by atoms with van der Waals surface area (Å²) in [5.41, 5.74) is 8.38. The molecule has 0 fully saturated rings. The predicted molar refractivity (Wildman–Crippen MR) is 217 cm³/mol. The Hall–Kier alpha value is -7.18. The summed E-state index contributed by atoms with van der Waals surface area (Å²) in [5, 5.41) is 60.4. The molecular formula is C48H32O6. The quantitative estimate of drug-likeness (QED) is 0.0708. The third-order valence-corrected chi connectivity index (χ3v) is 10.9. The van der Waals surface area contributed by atoms with Crippen LogP contribution in [0.15, 0.2) is 144 Å². The minimum atomic E-state index is -1.00. The summed E-state index contributed by atoms with van der Waals surface area (Å²) < 4.78 is 6.52. The van der Waals surface area contributed by atoms with Crippen LogP contribution < -0.4 is 0 Å². The van der Waals surface area contributed by atoms with Crippen LogP contribution in [-0.2, 0) is 0 Å². The summed E-state index contributed by atoms with van der Waals surface area (Å²) >= 11 is 0. The van der Waals surface area contributed by atoms with E-state index in [1.807, 2.05) is 24.3 Å². The van der Waals surface area contributed by atoms with Gasteiger partial charge in [-0.2, -0.15) is 0 Å². The largest absolute Gasteiger partial charge is 0.504 e. The van der Waals surface area contributed by atoms with Gasteiger partial charge in [0.1, 0.15) is 11.2 Å². The van der Waals surface area contributed by atoms with Gasteiger partial charge in [0.2, 0.25) is 17.2 Å². The van der Waals surface area contributed by atoms with Crippen molar-refractivity contribution >= 4 is 59.8 Å². The Balaban J connectivity index is 1.24. The molecule has 260 valence electrons. The number of rotatable bonds is 4. The van der Waals surface area contributed by atoms with Crippen LogP contribution in [0.1, 0.15) is 18.4 Å². The van der Waals surface area contributed by atoms with Gasteiger partial charge < -0.3 is 29.9 Å². The molecule has 0 aliphatic heterocycles. The zero-order valence-electron chi connectivity index (χ0n) is 28.8. The summed E-state index contributed by atoms with van der Waals surface area (Å²) in [6.07, 6.45) is 8.63. The molecule has 0 atom stereocenters. The van der Waals surface area contributed by atoms with Gasteiger partial charge in [0.25, 0.3) is 0 Å². The highest BCUT2D eigenvalue weighted by atomic mass is 16.4. The molecule has 1 aromatic heterocycles. The van der Waals surface area contributed by atoms with E-state index in [4.69, 9.17) is 4.42 Å². The van der Waals surface area contributed by atoms with Crippen molar-refractivity contribution in [3.05, 3.63) is 145 Å². The van der Waals surface area contributed by atoms with E-state index in [9.17, 15) is 25.5 Å². The summed E-state index contributed by atoms with van der Waals surface area (Å²) in [4.78, 5) is 0. The Kier molecular flexibility index (Phi) is 6.97. The molecule has 1 aliphatic carbocycles. The maximum Gasteiger partial charge on any atom is 0.208 e. The Morgan fingerprint density at radius 2 is 0.981 bits per heavy atom. The SMILES string of the molecule is Oc1c(O)c(O)c(-c2cc3c4cc(-c5c6ccccc6c(-c6cccc(C7=CC=CCC7)c6)c6ccccc56)ccc4oc3c3ccccc23)c(O)c1O. The first-order valence-corrected chi connectivity index (χ1v) is 17.9.